The predicted octanol–water partition coefficient (Wildman–Crippen LogP) is 16.0. The minimum atomic E-state index is -5.97. The molecule has 0 saturated heterocycles. The van der Waals surface area contributed by atoms with Crippen LogP contribution in [0.25, 0.3) is 0 Å². The topological polar surface area (TPSA) is 112 Å². The highest BCUT2D eigenvalue weighted by atomic mass is 19.4. The van der Waals surface area contributed by atoms with Crippen LogP contribution in [-0.2, 0) is 10.8 Å². The molecule has 0 unspecified atom stereocenters. The first-order valence-corrected chi connectivity index (χ1v) is 24.2. The van der Waals surface area contributed by atoms with Crippen molar-refractivity contribution in [1.29, 1.82) is 0 Å². The molecule has 418 valence electrons. The zero-order valence-corrected chi connectivity index (χ0v) is 42.0. The average molecular weight is 1140 g/mol. The fourth-order valence-corrected chi connectivity index (χ4v) is 9.79. The van der Waals surface area contributed by atoms with Crippen LogP contribution in [-0.4, -0.2) is 60.3 Å². The summed E-state index contributed by atoms with van der Waals surface area (Å²) >= 11 is 0. The van der Waals surface area contributed by atoms with E-state index in [0.717, 1.165) is 70.0 Å². The van der Waals surface area contributed by atoms with Gasteiger partial charge in [-0.25, -0.2) is 4.90 Å². The molecular formula is C60H36F12N2O8. The van der Waals surface area contributed by atoms with E-state index in [1.54, 1.807) is 24.3 Å². The van der Waals surface area contributed by atoms with E-state index < -0.39 is 81.4 Å². The molecule has 8 aromatic carbocycles. The molecule has 2 heterocycles. The van der Waals surface area contributed by atoms with Gasteiger partial charge in [-0.3, -0.25) is 24.1 Å². The fraction of sp³-hybridized carbons (Fsp3) is 0.133. The van der Waals surface area contributed by atoms with E-state index in [4.69, 9.17) is 18.9 Å². The van der Waals surface area contributed by atoms with Gasteiger partial charge in [-0.05, 0) is 151 Å². The Hall–Kier alpha value is -9.60. The lowest BCUT2D eigenvalue weighted by atomic mass is 9.73. The van der Waals surface area contributed by atoms with E-state index >= 15 is 26.3 Å². The molecular weight excluding hydrogens is 1100 g/mol. The van der Waals surface area contributed by atoms with E-state index in [1.807, 2.05) is 6.92 Å². The van der Waals surface area contributed by atoms with Crippen molar-refractivity contribution in [1.82, 2.24) is 4.90 Å². The predicted molar refractivity (Wildman–Crippen MR) is 270 cm³/mol. The standard InChI is InChI=1S/C60H36F12N2O8/c1-33-3-15-39(16-4-33)79-40-17-5-34(6-18-40)55(57(61,62)63,58(64,65)66)35-7-19-41(20-8-35)80-44-25-13-38(14-26-44)74-53(77)48-30-28-46(32-50(48)54(74)78)82-43-23-11-37(12-24-43)56(59(67,68)69,60(70,71)72)36-9-21-42(22-10-36)81-45-27-29-47-49(31-45)52(76)73(2)51(47)75/h3-32H,1-2H3. The van der Waals surface area contributed by atoms with Gasteiger partial charge in [0.05, 0.1) is 27.9 Å². The summed E-state index contributed by atoms with van der Waals surface area (Å²) < 4.78 is 202. The number of hydrogen-bond donors (Lipinski definition) is 0. The van der Waals surface area contributed by atoms with E-state index in [-0.39, 0.29) is 68.2 Å². The van der Waals surface area contributed by atoms with Crippen LogP contribution in [0.3, 0.4) is 0 Å². The molecule has 0 atom stereocenters. The van der Waals surface area contributed by atoms with Gasteiger partial charge in [-0.2, -0.15) is 52.7 Å². The molecule has 0 saturated carbocycles. The second-order valence-corrected chi connectivity index (χ2v) is 18.8. The highest BCUT2D eigenvalue weighted by Crippen LogP contribution is 2.58. The van der Waals surface area contributed by atoms with E-state index in [1.165, 1.54) is 61.6 Å². The molecule has 0 N–H and O–H groups in total. The minimum absolute atomic E-state index is 0.00675. The number of hydrogen-bond acceptors (Lipinski definition) is 8. The van der Waals surface area contributed by atoms with Crippen LogP contribution in [0.1, 0.15) is 69.2 Å². The molecule has 22 heteroatoms. The van der Waals surface area contributed by atoms with Gasteiger partial charge in [0.15, 0.2) is 0 Å². The van der Waals surface area contributed by atoms with Crippen molar-refractivity contribution in [3.8, 4) is 46.0 Å². The molecule has 2 aliphatic heterocycles. The van der Waals surface area contributed by atoms with Gasteiger partial charge >= 0.3 is 24.7 Å². The zero-order chi connectivity index (χ0) is 58.9. The first-order chi connectivity index (χ1) is 38.6. The second-order valence-electron chi connectivity index (χ2n) is 18.8. The average Bonchev–Trinajstić information content (AvgIpc) is 1.62. The number of amides is 4. The summed E-state index contributed by atoms with van der Waals surface area (Å²) in [6.07, 6.45) is -23.7. The molecule has 0 aliphatic carbocycles. The lowest BCUT2D eigenvalue weighted by Crippen LogP contribution is -2.54. The molecule has 4 amide bonds. The maximum Gasteiger partial charge on any atom is 0.411 e. The third-order valence-corrected chi connectivity index (χ3v) is 13.8. The largest absolute Gasteiger partial charge is 0.457 e. The molecule has 0 fully saturated rings. The number of fused-ring (bicyclic) bond motifs is 2. The van der Waals surface area contributed by atoms with E-state index in [9.17, 15) is 45.5 Å². The lowest BCUT2D eigenvalue weighted by molar-refractivity contribution is -0.290. The third-order valence-electron chi connectivity index (χ3n) is 13.8. The van der Waals surface area contributed by atoms with Crippen molar-refractivity contribution in [2.75, 3.05) is 11.9 Å². The number of benzene rings is 8. The lowest BCUT2D eigenvalue weighted by Gasteiger charge is -2.38. The second kappa shape index (κ2) is 20.2. The normalized spacial score (nSPS) is 14.0. The quantitative estimate of drug-likeness (QED) is 0.0829. The Morgan fingerprint density at radius 3 is 0.878 bits per heavy atom. The summed E-state index contributed by atoms with van der Waals surface area (Å²) in [7, 11) is 1.26. The number of rotatable bonds is 13. The molecule has 0 bridgehead atoms. The molecule has 10 nitrogen and oxygen atoms in total. The van der Waals surface area contributed by atoms with Crippen LogP contribution in [0.5, 0.6) is 46.0 Å². The summed E-state index contributed by atoms with van der Waals surface area (Å²) in [5.74, 6) is -3.40. The van der Waals surface area contributed by atoms with Crippen LogP contribution >= 0.6 is 0 Å². The van der Waals surface area contributed by atoms with Crippen LogP contribution in [0, 0.1) is 6.92 Å². The van der Waals surface area contributed by atoms with Gasteiger partial charge < -0.3 is 18.9 Å². The molecule has 82 heavy (non-hydrogen) atoms. The highest BCUT2D eigenvalue weighted by molar-refractivity contribution is 6.34. The summed E-state index contributed by atoms with van der Waals surface area (Å²) in [4.78, 5) is 53.6. The van der Waals surface area contributed by atoms with Crippen molar-refractivity contribution in [2.24, 2.45) is 0 Å². The van der Waals surface area contributed by atoms with Crippen LogP contribution in [0.4, 0.5) is 58.4 Å². The first-order valence-electron chi connectivity index (χ1n) is 24.2. The summed E-state index contributed by atoms with van der Waals surface area (Å²) in [5, 5.41) is 0. The SMILES string of the molecule is Cc1ccc(Oc2ccc(C(c3ccc(Oc4ccc(N5C(=O)c6ccc(Oc7ccc(C(c8ccc(Oc9ccc%10c(c9)C(=O)N(C)C%10=O)cc8)(C(F)(F)F)C(F)(F)F)cc7)cc6C5=O)cc4)cc3)(C(F)(F)F)C(F)(F)F)cc2)cc1. The van der Waals surface area contributed by atoms with Crippen molar-refractivity contribution in [3.05, 3.63) is 232 Å². The molecule has 0 spiro atoms. The molecule has 2 aliphatic rings. The summed E-state index contributed by atoms with van der Waals surface area (Å²) in [6.45, 7) is 1.82. The van der Waals surface area contributed by atoms with Crippen LogP contribution in [0.2, 0.25) is 0 Å². The van der Waals surface area contributed by atoms with Gasteiger partial charge in [0, 0.05) is 7.05 Å². The summed E-state index contributed by atoms with van der Waals surface area (Å²) in [6, 6.07) is 31.3. The number of anilines is 1. The molecule has 8 aromatic rings. The summed E-state index contributed by atoms with van der Waals surface area (Å²) in [5.41, 5.74) is -13.2. The Balaban J connectivity index is 0.825. The minimum Gasteiger partial charge on any atom is -0.457 e. The molecule has 10 rings (SSSR count). The van der Waals surface area contributed by atoms with Crippen molar-refractivity contribution in [2.45, 2.75) is 42.5 Å². The van der Waals surface area contributed by atoms with Crippen molar-refractivity contribution in [3.63, 3.8) is 0 Å². The van der Waals surface area contributed by atoms with Gasteiger partial charge in [0.25, 0.3) is 23.6 Å². The first kappa shape index (κ1) is 55.7. The highest BCUT2D eigenvalue weighted by Gasteiger charge is 2.73. The zero-order valence-electron chi connectivity index (χ0n) is 42.0. The number of imide groups is 2. The van der Waals surface area contributed by atoms with Gasteiger partial charge in [0.1, 0.15) is 46.0 Å². The van der Waals surface area contributed by atoms with Gasteiger partial charge in [0.2, 0.25) is 10.8 Å². The fourth-order valence-electron chi connectivity index (χ4n) is 9.79. The maximum atomic E-state index is 15.1. The Morgan fingerprint density at radius 2 is 0.549 bits per heavy atom. The van der Waals surface area contributed by atoms with Crippen LogP contribution in [0.15, 0.2) is 182 Å². The smallest absolute Gasteiger partial charge is 0.411 e. The van der Waals surface area contributed by atoms with Crippen molar-refractivity contribution < 1.29 is 90.8 Å². The third kappa shape index (κ3) is 9.55. The number of carbonyl (C=O) groups excluding carboxylic acids is 4. The molecule has 0 radical (unpaired) electrons. The number of ether oxygens (including phenoxy) is 4. The number of carbonyl (C=O) groups is 4. The van der Waals surface area contributed by atoms with Crippen molar-refractivity contribution >= 4 is 29.3 Å². The number of aryl methyl sites for hydroxylation is 1. The Morgan fingerprint density at radius 1 is 0.305 bits per heavy atom. The Labute approximate surface area is 456 Å². The van der Waals surface area contributed by atoms with Crippen LogP contribution < -0.4 is 23.8 Å². The Bertz CT molecular complexity index is 3760. The monoisotopic (exact) mass is 1140 g/mol. The van der Waals surface area contributed by atoms with Gasteiger partial charge in [-0.1, -0.05) is 66.2 Å². The number of halogens is 12. The molecule has 0 aromatic heterocycles. The maximum absolute atomic E-state index is 15.1. The van der Waals surface area contributed by atoms with E-state index in [2.05, 4.69) is 0 Å². The number of nitrogens with zero attached hydrogens (tertiary/aromatic N) is 2. The van der Waals surface area contributed by atoms with Gasteiger partial charge in [-0.15, -0.1) is 0 Å². The van der Waals surface area contributed by atoms with E-state index in [0.29, 0.717) is 54.3 Å². The number of alkyl halides is 12. The Kier molecular flexibility index (Phi) is 13.7.